The fourth-order valence-electron chi connectivity index (χ4n) is 3.01. The molecule has 1 N–H and O–H groups in total. The monoisotopic (exact) mass is 365 g/mol. The fourth-order valence-corrected chi connectivity index (χ4v) is 3.61. The Hall–Kier alpha value is -2.80. The van der Waals surface area contributed by atoms with Gasteiger partial charge in [-0.1, -0.05) is 12.1 Å². The number of nitrogens with one attached hydrogen (secondary N) is 1. The normalized spacial score (nSPS) is 13.8. The van der Waals surface area contributed by atoms with Gasteiger partial charge in [-0.2, -0.15) is 0 Å². The van der Waals surface area contributed by atoms with Crippen LogP contribution in [-0.2, 0) is 0 Å². The van der Waals surface area contributed by atoms with Crippen molar-refractivity contribution in [1.82, 2.24) is 15.2 Å². The summed E-state index contributed by atoms with van der Waals surface area (Å²) in [6, 6.07) is 11.6. The summed E-state index contributed by atoms with van der Waals surface area (Å²) in [5.74, 6) is 0.719. The first-order valence-corrected chi connectivity index (χ1v) is 9.49. The number of amides is 1. The van der Waals surface area contributed by atoms with E-state index in [9.17, 15) is 4.79 Å². The summed E-state index contributed by atoms with van der Waals surface area (Å²) >= 11 is 1.46. The number of hydrogen-bond donors (Lipinski definition) is 1. The van der Waals surface area contributed by atoms with E-state index in [-0.39, 0.29) is 5.91 Å². The van der Waals surface area contributed by atoms with Crippen molar-refractivity contribution in [3.05, 3.63) is 52.5 Å². The van der Waals surface area contributed by atoms with E-state index in [2.05, 4.69) is 25.4 Å². The Kier molecular flexibility index (Phi) is 4.62. The first kappa shape index (κ1) is 16.7. The highest BCUT2D eigenvalue weighted by atomic mass is 32.1. The van der Waals surface area contributed by atoms with E-state index in [1.165, 1.54) is 24.2 Å². The number of anilines is 2. The molecule has 1 fully saturated rings. The van der Waals surface area contributed by atoms with E-state index in [1.54, 1.807) is 5.38 Å². The molecule has 4 rings (SSSR count). The van der Waals surface area contributed by atoms with E-state index in [0.717, 1.165) is 35.2 Å². The summed E-state index contributed by atoms with van der Waals surface area (Å²) < 4.78 is 0. The van der Waals surface area contributed by atoms with E-state index >= 15 is 0 Å². The van der Waals surface area contributed by atoms with Crippen LogP contribution >= 0.6 is 11.3 Å². The second-order valence-electron chi connectivity index (χ2n) is 6.26. The van der Waals surface area contributed by atoms with E-state index in [4.69, 9.17) is 0 Å². The van der Waals surface area contributed by atoms with Crippen molar-refractivity contribution in [3.63, 3.8) is 0 Å². The van der Waals surface area contributed by atoms with Gasteiger partial charge in [0.15, 0.2) is 5.82 Å². The Labute approximate surface area is 155 Å². The van der Waals surface area contributed by atoms with Crippen LogP contribution in [0.25, 0.3) is 11.3 Å². The van der Waals surface area contributed by atoms with E-state index in [0.29, 0.717) is 11.4 Å². The van der Waals surface area contributed by atoms with Crippen LogP contribution in [0.3, 0.4) is 0 Å². The Balaban J connectivity index is 1.51. The van der Waals surface area contributed by atoms with Gasteiger partial charge in [0.2, 0.25) is 0 Å². The SMILES string of the molecule is Cc1nc(C(=O)Nc2cccc(-c3ccc(N4CCCC4)nn3)c2)cs1. The van der Waals surface area contributed by atoms with Gasteiger partial charge < -0.3 is 10.2 Å². The maximum atomic E-state index is 12.3. The lowest BCUT2D eigenvalue weighted by Gasteiger charge is -2.15. The summed E-state index contributed by atoms with van der Waals surface area (Å²) in [6.45, 7) is 3.98. The van der Waals surface area contributed by atoms with Crippen LogP contribution in [0.5, 0.6) is 0 Å². The number of hydrogen-bond acceptors (Lipinski definition) is 6. The first-order chi connectivity index (χ1) is 12.7. The van der Waals surface area contributed by atoms with Crippen LogP contribution in [0.15, 0.2) is 41.8 Å². The van der Waals surface area contributed by atoms with Crippen LogP contribution in [0.2, 0.25) is 0 Å². The third-order valence-corrected chi connectivity index (χ3v) is 5.12. The minimum atomic E-state index is -0.207. The Bertz CT molecular complexity index is 916. The largest absolute Gasteiger partial charge is 0.355 e. The molecule has 26 heavy (non-hydrogen) atoms. The Morgan fingerprint density at radius 3 is 2.69 bits per heavy atom. The maximum Gasteiger partial charge on any atom is 0.275 e. The third kappa shape index (κ3) is 3.57. The van der Waals surface area contributed by atoms with Crippen molar-refractivity contribution in [2.24, 2.45) is 0 Å². The minimum absolute atomic E-state index is 0.207. The van der Waals surface area contributed by atoms with Gasteiger partial charge >= 0.3 is 0 Å². The molecule has 0 unspecified atom stereocenters. The molecule has 1 amide bonds. The number of carbonyl (C=O) groups is 1. The topological polar surface area (TPSA) is 71.0 Å². The number of thiazole rings is 1. The lowest BCUT2D eigenvalue weighted by molar-refractivity contribution is 0.102. The molecule has 7 heteroatoms. The van der Waals surface area contributed by atoms with Gasteiger partial charge in [-0.05, 0) is 44.0 Å². The number of nitrogens with zero attached hydrogens (tertiary/aromatic N) is 4. The van der Waals surface area contributed by atoms with Gasteiger partial charge in [-0.15, -0.1) is 21.5 Å². The standard InChI is InChI=1S/C19H19N5OS/c1-13-20-17(12-26-13)19(25)21-15-6-4-5-14(11-15)16-7-8-18(23-22-16)24-9-2-3-10-24/h4-8,11-12H,2-3,9-10H2,1H3,(H,21,25). The zero-order chi connectivity index (χ0) is 17.9. The third-order valence-electron chi connectivity index (χ3n) is 4.35. The molecule has 0 radical (unpaired) electrons. The zero-order valence-electron chi connectivity index (χ0n) is 14.5. The van der Waals surface area contributed by atoms with Crippen molar-refractivity contribution >= 4 is 28.7 Å². The molecule has 0 atom stereocenters. The predicted molar refractivity (Wildman–Crippen MR) is 104 cm³/mol. The maximum absolute atomic E-state index is 12.3. The highest BCUT2D eigenvalue weighted by Crippen LogP contribution is 2.23. The summed E-state index contributed by atoms with van der Waals surface area (Å²) in [4.78, 5) is 18.7. The molecule has 1 aliphatic heterocycles. The van der Waals surface area contributed by atoms with Crippen molar-refractivity contribution in [2.45, 2.75) is 19.8 Å². The van der Waals surface area contributed by atoms with E-state index < -0.39 is 0 Å². The molecule has 0 saturated carbocycles. The first-order valence-electron chi connectivity index (χ1n) is 8.62. The van der Waals surface area contributed by atoms with Crippen LogP contribution < -0.4 is 10.2 Å². The average molecular weight is 365 g/mol. The molecule has 132 valence electrons. The highest BCUT2D eigenvalue weighted by Gasteiger charge is 2.14. The van der Waals surface area contributed by atoms with Crippen molar-refractivity contribution in [3.8, 4) is 11.3 Å². The minimum Gasteiger partial charge on any atom is -0.355 e. The van der Waals surface area contributed by atoms with Gasteiger partial charge in [-0.3, -0.25) is 4.79 Å². The smallest absolute Gasteiger partial charge is 0.275 e. The van der Waals surface area contributed by atoms with Crippen molar-refractivity contribution < 1.29 is 4.79 Å². The van der Waals surface area contributed by atoms with Crippen LogP contribution in [0.4, 0.5) is 11.5 Å². The number of aryl methyl sites for hydroxylation is 1. The van der Waals surface area contributed by atoms with E-state index in [1.807, 2.05) is 43.3 Å². The Morgan fingerprint density at radius 2 is 2.00 bits per heavy atom. The molecule has 3 aromatic rings. The summed E-state index contributed by atoms with van der Waals surface area (Å²) in [5.41, 5.74) is 2.85. The van der Waals surface area contributed by atoms with Gasteiger partial charge in [0, 0.05) is 29.7 Å². The molecule has 0 spiro atoms. The van der Waals surface area contributed by atoms with Gasteiger partial charge in [-0.25, -0.2) is 4.98 Å². The number of carbonyl (C=O) groups excluding carboxylic acids is 1. The molecule has 3 heterocycles. The van der Waals surface area contributed by atoms with Crippen LogP contribution in [-0.4, -0.2) is 34.2 Å². The molecule has 0 aliphatic carbocycles. The predicted octanol–water partition coefficient (Wildman–Crippen LogP) is 3.76. The molecule has 6 nitrogen and oxygen atoms in total. The molecular formula is C19H19N5OS. The summed E-state index contributed by atoms with van der Waals surface area (Å²) in [5, 5.41) is 14.2. The number of benzene rings is 1. The molecule has 2 aromatic heterocycles. The quantitative estimate of drug-likeness (QED) is 0.762. The second kappa shape index (κ2) is 7.21. The van der Waals surface area contributed by atoms with Gasteiger partial charge in [0.1, 0.15) is 5.69 Å². The molecule has 1 saturated heterocycles. The second-order valence-corrected chi connectivity index (χ2v) is 7.32. The highest BCUT2D eigenvalue weighted by molar-refractivity contribution is 7.09. The molecule has 0 bridgehead atoms. The average Bonchev–Trinajstić information content (AvgIpc) is 3.34. The molecule has 1 aliphatic rings. The van der Waals surface area contributed by atoms with Crippen molar-refractivity contribution in [2.75, 3.05) is 23.3 Å². The van der Waals surface area contributed by atoms with Gasteiger partial charge in [0.05, 0.1) is 10.7 Å². The zero-order valence-corrected chi connectivity index (χ0v) is 15.3. The number of aromatic nitrogens is 3. The lowest BCUT2D eigenvalue weighted by Crippen LogP contribution is -2.19. The van der Waals surface area contributed by atoms with Crippen LogP contribution in [0.1, 0.15) is 28.3 Å². The Morgan fingerprint density at radius 1 is 1.15 bits per heavy atom. The van der Waals surface area contributed by atoms with Crippen LogP contribution in [0, 0.1) is 6.92 Å². The lowest BCUT2D eigenvalue weighted by atomic mass is 10.1. The summed E-state index contributed by atoms with van der Waals surface area (Å²) in [6.07, 6.45) is 2.42. The van der Waals surface area contributed by atoms with Gasteiger partial charge in [0.25, 0.3) is 5.91 Å². The van der Waals surface area contributed by atoms with Crippen molar-refractivity contribution in [1.29, 1.82) is 0 Å². The number of rotatable bonds is 4. The molecule has 1 aromatic carbocycles. The fraction of sp³-hybridized carbons (Fsp3) is 0.263. The molecular weight excluding hydrogens is 346 g/mol. The summed E-state index contributed by atoms with van der Waals surface area (Å²) in [7, 11) is 0.